The van der Waals surface area contributed by atoms with Gasteiger partial charge in [-0.1, -0.05) is 0 Å². The molecule has 7 heteroatoms. The summed E-state index contributed by atoms with van der Waals surface area (Å²) in [5.74, 6) is -0.554. The summed E-state index contributed by atoms with van der Waals surface area (Å²) in [6.07, 6.45) is 3.22. The van der Waals surface area contributed by atoms with Crippen molar-refractivity contribution in [3.05, 3.63) is 18.0 Å². The number of aliphatic carboxylic acids is 1. The van der Waals surface area contributed by atoms with Gasteiger partial charge in [-0.15, -0.1) is 0 Å². The highest BCUT2D eigenvalue weighted by atomic mass is 16.4. The lowest BCUT2D eigenvalue weighted by Crippen LogP contribution is -2.39. The molecule has 0 aliphatic heterocycles. The van der Waals surface area contributed by atoms with E-state index in [-0.39, 0.29) is 6.04 Å². The van der Waals surface area contributed by atoms with Crippen LogP contribution in [-0.2, 0) is 11.3 Å². The van der Waals surface area contributed by atoms with Crippen LogP contribution in [-0.4, -0.2) is 44.8 Å². The van der Waals surface area contributed by atoms with E-state index in [4.69, 9.17) is 10.2 Å². The first kappa shape index (κ1) is 14.3. The molecule has 100 valence electrons. The van der Waals surface area contributed by atoms with Crippen molar-refractivity contribution >= 4 is 11.9 Å². The SMILES string of the molecule is CC(C)Nc1ncc(CN[C@@H](CO)C(=O)O)cn1. The molecule has 0 fully saturated rings. The maximum atomic E-state index is 10.7. The van der Waals surface area contributed by atoms with E-state index >= 15 is 0 Å². The van der Waals surface area contributed by atoms with Crippen molar-refractivity contribution in [2.24, 2.45) is 0 Å². The Morgan fingerprint density at radius 2 is 2.00 bits per heavy atom. The molecule has 0 aliphatic carbocycles. The zero-order chi connectivity index (χ0) is 13.5. The largest absolute Gasteiger partial charge is 0.480 e. The minimum Gasteiger partial charge on any atom is -0.480 e. The average Bonchev–Trinajstić information content (AvgIpc) is 2.31. The van der Waals surface area contributed by atoms with Gasteiger partial charge in [-0.25, -0.2) is 9.97 Å². The van der Waals surface area contributed by atoms with E-state index in [2.05, 4.69) is 20.6 Å². The number of rotatable bonds is 7. The first-order valence-corrected chi connectivity index (χ1v) is 5.67. The van der Waals surface area contributed by atoms with Crippen molar-refractivity contribution in [3.8, 4) is 0 Å². The van der Waals surface area contributed by atoms with Gasteiger partial charge in [-0.3, -0.25) is 10.1 Å². The third kappa shape index (κ3) is 4.64. The second-order valence-electron chi connectivity index (χ2n) is 4.17. The number of aliphatic hydroxyl groups is 1. The van der Waals surface area contributed by atoms with Crippen molar-refractivity contribution < 1.29 is 15.0 Å². The number of anilines is 1. The average molecular weight is 254 g/mol. The lowest BCUT2D eigenvalue weighted by atomic mass is 10.3. The van der Waals surface area contributed by atoms with Gasteiger partial charge in [0.1, 0.15) is 6.04 Å². The zero-order valence-electron chi connectivity index (χ0n) is 10.4. The summed E-state index contributed by atoms with van der Waals surface area (Å²) < 4.78 is 0. The van der Waals surface area contributed by atoms with Crippen LogP contribution < -0.4 is 10.6 Å². The zero-order valence-corrected chi connectivity index (χ0v) is 10.4. The van der Waals surface area contributed by atoms with E-state index in [1.54, 1.807) is 12.4 Å². The molecule has 1 aromatic rings. The van der Waals surface area contributed by atoms with Crippen LogP contribution in [0.2, 0.25) is 0 Å². The van der Waals surface area contributed by atoms with Crippen LogP contribution in [0.15, 0.2) is 12.4 Å². The van der Waals surface area contributed by atoms with Crippen molar-refractivity contribution in [1.82, 2.24) is 15.3 Å². The Kier molecular flexibility index (Phi) is 5.47. The van der Waals surface area contributed by atoms with Crippen LogP contribution in [0.25, 0.3) is 0 Å². The van der Waals surface area contributed by atoms with E-state index in [9.17, 15) is 4.79 Å². The maximum absolute atomic E-state index is 10.7. The van der Waals surface area contributed by atoms with Gasteiger partial charge in [0.05, 0.1) is 6.61 Å². The molecule has 0 amide bonds. The van der Waals surface area contributed by atoms with Crippen LogP contribution in [0.3, 0.4) is 0 Å². The van der Waals surface area contributed by atoms with Crippen LogP contribution in [0.1, 0.15) is 19.4 Å². The van der Waals surface area contributed by atoms with Gasteiger partial charge in [0.2, 0.25) is 5.95 Å². The molecule has 7 nitrogen and oxygen atoms in total. The Morgan fingerprint density at radius 3 is 2.44 bits per heavy atom. The molecule has 4 N–H and O–H groups in total. The fourth-order valence-corrected chi connectivity index (χ4v) is 1.25. The molecule has 1 atom stereocenters. The Labute approximate surface area is 105 Å². The van der Waals surface area contributed by atoms with Crippen molar-refractivity contribution in [3.63, 3.8) is 0 Å². The first-order chi connectivity index (χ1) is 8.52. The quantitative estimate of drug-likeness (QED) is 0.535. The summed E-state index contributed by atoms with van der Waals surface area (Å²) in [5, 5.41) is 23.3. The van der Waals surface area contributed by atoms with Gasteiger partial charge >= 0.3 is 5.97 Å². The fourth-order valence-electron chi connectivity index (χ4n) is 1.25. The molecule has 1 rings (SSSR count). The number of carbonyl (C=O) groups is 1. The Bertz CT molecular complexity index is 380. The van der Waals surface area contributed by atoms with E-state index in [0.29, 0.717) is 12.5 Å². The second kappa shape index (κ2) is 6.87. The monoisotopic (exact) mass is 254 g/mol. The highest BCUT2D eigenvalue weighted by molar-refractivity contribution is 5.73. The standard InChI is InChI=1S/C11H18N4O3/c1-7(2)15-11-13-4-8(5-14-11)3-12-9(6-16)10(17)18/h4-5,7,9,12,16H,3,6H2,1-2H3,(H,17,18)(H,13,14,15)/t9-/m0/s1. The van der Waals surface area contributed by atoms with E-state index in [1.807, 2.05) is 13.8 Å². The maximum Gasteiger partial charge on any atom is 0.323 e. The first-order valence-electron chi connectivity index (χ1n) is 5.67. The topological polar surface area (TPSA) is 107 Å². The molecular weight excluding hydrogens is 236 g/mol. The number of hydrogen-bond donors (Lipinski definition) is 4. The molecule has 0 bridgehead atoms. The number of nitrogens with zero attached hydrogens (tertiary/aromatic N) is 2. The molecule has 0 aromatic carbocycles. The number of nitrogens with one attached hydrogen (secondary N) is 2. The number of carboxylic acid groups (broad SMARTS) is 1. The normalized spacial score (nSPS) is 12.4. The lowest BCUT2D eigenvalue weighted by molar-refractivity contribution is -0.140. The summed E-state index contributed by atoms with van der Waals surface area (Å²) in [7, 11) is 0. The smallest absolute Gasteiger partial charge is 0.323 e. The minimum atomic E-state index is -1.09. The molecular formula is C11H18N4O3. The molecule has 1 heterocycles. The predicted molar refractivity (Wildman–Crippen MR) is 66.1 cm³/mol. The van der Waals surface area contributed by atoms with Crippen LogP contribution in [0.4, 0.5) is 5.95 Å². The van der Waals surface area contributed by atoms with E-state index in [0.717, 1.165) is 5.56 Å². The Balaban J connectivity index is 2.50. The molecule has 0 saturated heterocycles. The molecule has 18 heavy (non-hydrogen) atoms. The lowest BCUT2D eigenvalue weighted by Gasteiger charge is -2.12. The van der Waals surface area contributed by atoms with Gasteiger partial charge in [0.25, 0.3) is 0 Å². The molecule has 0 saturated carbocycles. The molecule has 0 unspecified atom stereocenters. The van der Waals surface area contributed by atoms with Crippen LogP contribution >= 0.6 is 0 Å². The second-order valence-corrected chi connectivity index (χ2v) is 4.17. The summed E-state index contributed by atoms with van der Waals surface area (Å²) in [6, 6.07) is -0.724. The highest BCUT2D eigenvalue weighted by Crippen LogP contribution is 2.02. The molecule has 0 radical (unpaired) electrons. The van der Waals surface area contributed by atoms with Gasteiger partial charge in [0, 0.05) is 30.5 Å². The van der Waals surface area contributed by atoms with Crippen LogP contribution in [0.5, 0.6) is 0 Å². The predicted octanol–water partition coefficient (Wildman–Crippen LogP) is -0.168. The Morgan fingerprint density at radius 1 is 1.39 bits per heavy atom. The van der Waals surface area contributed by atoms with Crippen molar-refractivity contribution in [2.75, 3.05) is 11.9 Å². The number of aromatic nitrogens is 2. The summed E-state index contributed by atoms with van der Waals surface area (Å²) in [4.78, 5) is 18.9. The third-order valence-electron chi connectivity index (χ3n) is 2.16. The number of hydrogen-bond acceptors (Lipinski definition) is 6. The molecule has 0 spiro atoms. The van der Waals surface area contributed by atoms with Gasteiger partial charge < -0.3 is 15.5 Å². The van der Waals surface area contributed by atoms with Crippen LogP contribution in [0, 0.1) is 0 Å². The molecule has 1 aromatic heterocycles. The summed E-state index contributed by atoms with van der Waals surface area (Å²) in [6.45, 7) is 3.80. The fraction of sp³-hybridized carbons (Fsp3) is 0.545. The van der Waals surface area contributed by atoms with Gasteiger partial charge in [0.15, 0.2) is 0 Å². The number of carboxylic acids is 1. The number of aliphatic hydroxyl groups excluding tert-OH is 1. The summed E-state index contributed by atoms with van der Waals surface area (Å²) >= 11 is 0. The highest BCUT2D eigenvalue weighted by Gasteiger charge is 2.14. The van der Waals surface area contributed by atoms with Gasteiger partial charge in [-0.05, 0) is 13.8 Å². The van der Waals surface area contributed by atoms with E-state index < -0.39 is 18.6 Å². The Hall–Kier alpha value is -1.73. The van der Waals surface area contributed by atoms with Gasteiger partial charge in [-0.2, -0.15) is 0 Å². The minimum absolute atomic E-state index is 0.250. The third-order valence-corrected chi connectivity index (χ3v) is 2.16. The summed E-state index contributed by atoms with van der Waals surface area (Å²) in [5.41, 5.74) is 0.754. The van der Waals surface area contributed by atoms with Crippen molar-refractivity contribution in [2.45, 2.75) is 32.5 Å². The van der Waals surface area contributed by atoms with Crippen molar-refractivity contribution in [1.29, 1.82) is 0 Å². The molecule has 0 aliphatic rings. The van der Waals surface area contributed by atoms with E-state index in [1.165, 1.54) is 0 Å².